The highest BCUT2D eigenvalue weighted by Crippen LogP contribution is 2.22. The van der Waals surface area contributed by atoms with Crippen molar-refractivity contribution >= 4 is 22.5 Å². The van der Waals surface area contributed by atoms with Gasteiger partial charge in [-0.25, -0.2) is 0 Å². The molecule has 0 saturated heterocycles. The summed E-state index contributed by atoms with van der Waals surface area (Å²) in [6.45, 7) is 7.23. The Labute approximate surface area is 148 Å². The number of nitrogens with one attached hydrogen (secondary N) is 1. The molecule has 1 heterocycles. The summed E-state index contributed by atoms with van der Waals surface area (Å²) >= 11 is 0. The second-order valence-electron chi connectivity index (χ2n) is 6.42. The van der Waals surface area contributed by atoms with E-state index in [1.807, 2.05) is 42.0 Å². The van der Waals surface area contributed by atoms with E-state index in [2.05, 4.69) is 43.4 Å². The van der Waals surface area contributed by atoms with Gasteiger partial charge in [0, 0.05) is 17.4 Å². The van der Waals surface area contributed by atoms with Gasteiger partial charge < -0.3 is 14.6 Å². The lowest BCUT2D eigenvalue weighted by atomic mass is 10.0. The molecule has 0 aliphatic heterocycles. The van der Waals surface area contributed by atoms with E-state index in [1.165, 1.54) is 10.9 Å². The minimum Gasteiger partial charge on any atom is -0.494 e. The number of anilines is 1. The lowest BCUT2D eigenvalue weighted by Gasteiger charge is -2.09. The molecule has 1 aromatic heterocycles. The van der Waals surface area contributed by atoms with Crippen molar-refractivity contribution in [1.82, 2.24) is 4.57 Å². The van der Waals surface area contributed by atoms with Gasteiger partial charge in [0.1, 0.15) is 12.3 Å². The van der Waals surface area contributed by atoms with Gasteiger partial charge >= 0.3 is 0 Å². The number of carbonyl (C=O) groups excluding carboxylic acids is 1. The smallest absolute Gasteiger partial charge is 0.244 e. The minimum atomic E-state index is -0.0467. The molecule has 130 valence electrons. The molecule has 3 rings (SSSR count). The first kappa shape index (κ1) is 17.1. The topological polar surface area (TPSA) is 43.3 Å². The third kappa shape index (κ3) is 4.02. The molecule has 0 radical (unpaired) electrons. The number of hydrogen-bond acceptors (Lipinski definition) is 2. The predicted molar refractivity (Wildman–Crippen MR) is 102 cm³/mol. The van der Waals surface area contributed by atoms with Crippen molar-refractivity contribution in [3.63, 3.8) is 0 Å². The van der Waals surface area contributed by atoms with E-state index in [-0.39, 0.29) is 12.5 Å². The van der Waals surface area contributed by atoms with Crippen LogP contribution in [0, 0.1) is 0 Å². The van der Waals surface area contributed by atoms with E-state index in [0.29, 0.717) is 12.5 Å². The van der Waals surface area contributed by atoms with Crippen molar-refractivity contribution in [3.05, 3.63) is 60.3 Å². The molecule has 3 aromatic rings. The van der Waals surface area contributed by atoms with Crippen molar-refractivity contribution in [2.45, 2.75) is 33.2 Å². The molecule has 0 bridgehead atoms. The van der Waals surface area contributed by atoms with Crippen LogP contribution < -0.4 is 10.1 Å². The van der Waals surface area contributed by atoms with Gasteiger partial charge in [0.25, 0.3) is 0 Å². The molecular weight excluding hydrogens is 312 g/mol. The summed E-state index contributed by atoms with van der Waals surface area (Å²) in [5.41, 5.74) is 3.15. The van der Waals surface area contributed by atoms with E-state index >= 15 is 0 Å². The first-order valence-corrected chi connectivity index (χ1v) is 8.68. The summed E-state index contributed by atoms with van der Waals surface area (Å²) in [4.78, 5) is 12.3. The zero-order valence-electron chi connectivity index (χ0n) is 15.0. The summed E-state index contributed by atoms with van der Waals surface area (Å²) in [7, 11) is 0. The molecule has 0 spiro atoms. The van der Waals surface area contributed by atoms with Gasteiger partial charge in [0.15, 0.2) is 0 Å². The largest absolute Gasteiger partial charge is 0.494 e. The normalized spacial score (nSPS) is 11.0. The number of amides is 1. The van der Waals surface area contributed by atoms with Crippen LogP contribution in [-0.2, 0) is 11.3 Å². The van der Waals surface area contributed by atoms with Crippen LogP contribution in [0.4, 0.5) is 5.69 Å². The lowest BCUT2D eigenvalue weighted by molar-refractivity contribution is -0.116. The molecule has 1 amide bonds. The molecule has 0 fully saturated rings. The van der Waals surface area contributed by atoms with Crippen LogP contribution in [0.15, 0.2) is 54.7 Å². The molecule has 4 nitrogen and oxygen atoms in total. The summed E-state index contributed by atoms with van der Waals surface area (Å²) in [6.07, 6.45) is 1.96. The van der Waals surface area contributed by atoms with Gasteiger partial charge in [-0.3, -0.25) is 4.79 Å². The number of hydrogen-bond donors (Lipinski definition) is 1. The van der Waals surface area contributed by atoms with Crippen LogP contribution in [0.5, 0.6) is 5.75 Å². The monoisotopic (exact) mass is 336 g/mol. The quantitative estimate of drug-likeness (QED) is 0.702. The van der Waals surface area contributed by atoms with Crippen LogP contribution in [-0.4, -0.2) is 17.1 Å². The van der Waals surface area contributed by atoms with Crippen molar-refractivity contribution in [2.75, 3.05) is 11.9 Å². The first-order valence-electron chi connectivity index (χ1n) is 8.68. The maximum atomic E-state index is 12.3. The Morgan fingerprint density at radius 3 is 2.56 bits per heavy atom. The molecule has 25 heavy (non-hydrogen) atoms. The SMILES string of the molecule is CCOc1ccc(NC(=O)Cn2ccc3cc(C(C)C)ccc32)cc1. The molecule has 1 N–H and O–H groups in total. The molecule has 2 aromatic carbocycles. The maximum absolute atomic E-state index is 12.3. The number of aromatic nitrogens is 1. The van der Waals surface area contributed by atoms with Gasteiger partial charge in [0.05, 0.1) is 6.61 Å². The first-order chi connectivity index (χ1) is 12.1. The average Bonchev–Trinajstić information content (AvgIpc) is 2.99. The Morgan fingerprint density at radius 1 is 1.12 bits per heavy atom. The molecule has 4 heteroatoms. The second-order valence-corrected chi connectivity index (χ2v) is 6.42. The fraction of sp³-hybridized carbons (Fsp3) is 0.286. The summed E-state index contributed by atoms with van der Waals surface area (Å²) in [6, 6.07) is 15.9. The average molecular weight is 336 g/mol. The standard InChI is InChI=1S/C21H24N2O2/c1-4-25-19-8-6-18(7-9-19)22-21(24)14-23-12-11-17-13-16(15(2)3)5-10-20(17)23/h5-13,15H,4,14H2,1-3H3,(H,22,24). The van der Waals surface area contributed by atoms with E-state index in [1.54, 1.807) is 0 Å². The van der Waals surface area contributed by atoms with Gasteiger partial charge in [-0.15, -0.1) is 0 Å². The molecule has 0 saturated carbocycles. The number of ether oxygens (including phenoxy) is 1. The summed E-state index contributed by atoms with van der Waals surface area (Å²) < 4.78 is 7.38. The van der Waals surface area contributed by atoms with E-state index in [0.717, 1.165) is 17.0 Å². The maximum Gasteiger partial charge on any atom is 0.244 e. The fourth-order valence-electron chi connectivity index (χ4n) is 2.87. The fourth-order valence-corrected chi connectivity index (χ4v) is 2.87. The number of rotatable bonds is 6. The van der Waals surface area contributed by atoms with E-state index in [4.69, 9.17) is 4.74 Å². The van der Waals surface area contributed by atoms with Crippen molar-refractivity contribution in [3.8, 4) is 5.75 Å². The minimum absolute atomic E-state index is 0.0467. The highest BCUT2D eigenvalue weighted by molar-refractivity contribution is 5.92. The highest BCUT2D eigenvalue weighted by atomic mass is 16.5. The lowest BCUT2D eigenvalue weighted by Crippen LogP contribution is -2.18. The molecule has 0 aliphatic rings. The van der Waals surface area contributed by atoms with Crippen LogP contribution in [0.2, 0.25) is 0 Å². The Balaban J connectivity index is 1.69. The Hall–Kier alpha value is -2.75. The summed E-state index contributed by atoms with van der Waals surface area (Å²) in [5, 5.41) is 4.10. The number of fused-ring (bicyclic) bond motifs is 1. The zero-order chi connectivity index (χ0) is 17.8. The van der Waals surface area contributed by atoms with Gasteiger partial charge in [-0.05, 0) is 66.3 Å². The van der Waals surface area contributed by atoms with E-state index < -0.39 is 0 Å². The Kier molecular flexibility index (Phi) is 5.08. The van der Waals surface area contributed by atoms with Gasteiger partial charge in [0.2, 0.25) is 5.91 Å². The zero-order valence-corrected chi connectivity index (χ0v) is 15.0. The Morgan fingerprint density at radius 2 is 1.88 bits per heavy atom. The highest BCUT2D eigenvalue weighted by Gasteiger charge is 2.08. The summed E-state index contributed by atoms with van der Waals surface area (Å²) in [5.74, 6) is 1.25. The second kappa shape index (κ2) is 7.43. The van der Waals surface area contributed by atoms with Gasteiger partial charge in [-0.1, -0.05) is 19.9 Å². The number of benzene rings is 2. The Bertz CT molecular complexity index is 863. The number of nitrogens with zero attached hydrogens (tertiary/aromatic N) is 1. The third-order valence-corrected chi connectivity index (χ3v) is 4.22. The van der Waals surface area contributed by atoms with Crippen LogP contribution >= 0.6 is 0 Å². The van der Waals surface area contributed by atoms with Gasteiger partial charge in [-0.2, -0.15) is 0 Å². The molecule has 0 atom stereocenters. The molecule has 0 unspecified atom stereocenters. The number of carbonyl (C=O) groups is 1. The molecular formula is C21H24N2O2. The molecule has 0 aliphatic carbocycles. The van der Waals surface area contributed by atoms with Crippen LogP contribution in [0.1, 0.15) is 32.3 Å². The van der Waals surface area contributed by atoms with Crippen molar-refractivity contribution in [2.24, 2.45) is 0 Å². The van der Waals surface area contributed by atoms with Crippen LogP contribution in [0.25, 0.3) is 10.9 Å². The van der Waals surface area contributed by atoms with Crippen molar-refractivity contribution in [1.29, 1.82) is 0 Å². The van der Waals surface area contributed by atoms with Crippen LogP contribution in [0.3, 0.4) is 0 Å². The third-order valence-electron chi connectivity index (χ3n) is 4.22. The van der Waals surface area contributed by atoms with E-state index in [9.17, 15) is 4.79 Å². The predicted octanol–water partition coefficient (Wildman–Crippen LogP) is 4.80. The van der Waals surface area contributed by atoms with Crippen molar-refractivity contribution < 1.29 is 9.53 Å².